The summed E-state index contributed by atoms with van der Waals surface area (Å²) in [6, 6.07) is 4.62. The second-order valence-corrected chi connectivity index (χ2v) is 4.89. The maximum Gasteiger partial charge on any atom is 0.123 e. The molecule has 1 heterocycles. The van der Waals surface area contributed by atoms with Crippen LogP contribution >= 0.6 is 11.6 Å². The van der Waals surface area contributed by atoms with Crippen molar-refractivity contribution in [2.45, 2.75) is 26.4 Å². The zero-order chi connectivity index (χ0) is 13.8. The summed E-state index contributed by atoms with van der Waals surface area (Å²) in [5.74, 6) is -0.284. The molecule has 0 amide bonds. The van der Waals surface area contributed by atoms with Crippen LogP contribution in [0.1, 0.15) is 31.0 Å². The molecular formula is C14H17ClFN3. The minimum atomic E-state index is -0.284. The van der Waals surface area contributed by atoms with Gasteiger partial charge in [0.2, 0.25) is 0 Å². The Morgan fingerprint density at radius 2 is 2.26 bits per heavy atom. The van der Waals surface area contributed by atoms with Gasteiger partial charge in [-0.3, -0.25) is 4.68 Å². The van der Waals surface area contributed by atoms with Crippen molar-refractivity contribution < 1.29 is 4.39 Å². The highest BCUT2D eigenvalue weighted by Gasteiger charge is 2.08. The highest BCUT2D eigenvalue weighted by atomic mass is 35.5. The molecule has 1 unspecified atom stereocenters. The first-order valence-corrected chi connectivity index (χ1v) is 6.67. The molecule has 3 nitrogen and oxygen atoms in total. The molecule has 0 bridgehead atoms. The molecular weight excluding hydrogens is 265 g/mol. The highest BCUT2D eigenvalue weighted by molar-refractivity contribution is 6.31. The fraction of sp³-hybridized carbons (Fsp3) is 0.357. The molecule has 0 spiro atoms. The van der Waals surface area contributed by atoms with Gasteiger partial charge in [0.1, 0.15) is 5.82 Å². The van der Waals surface area contributed by atoms with E-state index in [1.165, 1.54) is 12.1 Å². The third-order valence-electron chi connectivity index (χ3n) is 3.00. The molecule has 1 atom stereocenters. The van der Waals surface area contributed by atoms with Crippen LogP contribution in [0.5, 0.6) is 0 Å². The van der Waals surface area contributed by atoms with Crippen molar-refractivity contribution in [2.75, 3.05) is 6.54 Å². The molecule has 2 aromatic rings. The first kappa shape index (κ1) is 14.0. The number of halogens is 2. The minimum Gasteiger partial charge on any atom is -0.310 e. The van der Waals surface area contributed by atoms with Crippen molar-refractivity contribution >= 4 is 11.6 Å². The zero-order valence-corrected chi connectivity index (χ0v) is 11.8. The molecule has 5 heteroatoms. The quantitative estimate of drug-likeness (QED) is 0.910. The Morgan fingerprint density at radius 3 is 3.00 bits per heavy atom. The van der Waals surface area contributed by atoms with Crippen molar-refractivity contribution in [3.63, 3.8) is 0 Å². The molecule has 0 saturated carbocycles. The van der Waals surface area contributed by atoms with Crippen molar-refractivity contribution in [3.05, 3.63) is 52.6 Å². The lowest BCUT2D eigenvalue weighted by Crippen LogP contribution is -2.17. The lowest BCUT2D eigenvalue weighted by Gasteiger charge is -2.09. The number of rotatable bonds is 5. The number of aromatic nitrogens is 2. The van der Waals surface area contributed by atoms with Crippen LogP contribution in [-0.4, -0.2) is 16.3 Å². The molecule has 102 valence electrons. The lowest BCUT2D eigenvalue weighted by molar-refractivity contribution is 0.595. The predicted molar refractivity (Wildman–Crippen MR) is 74.8 cm³/mol. The molecule has 1 aromatic heterocycles. The maximum atomic E-state index is 13.2. The Hall–Kier alpha value is -1.39. The normalized spacial score (nSPS) is 12.6. The van der Waals surface area contributed by atoms with Gasteiger partial charge in [-0.2, -0.15) is 5.10 Å². The fourth-order valence-corrected chi connectivity index (χ4v) is 2.13. The highest BCUT2D eigenvalue weighted by Crippen LogP contribution is 2.19. The second kappa shape index (κ2) is 6.17. The molecule has 0 aliphatic carbocycles. The van der Waals surface area contributed by atoms with Crippen molar-refractivity contribution in [3.8, 4) is 0 Å². The summed E-state index contributed by atoms with van der Waals surface area (Å²) < 4.78 is 15.0. The summed E-state index contributed by atoms with van der Waals surface area (Å²) >= 11 is 6.05. The average Bonchev–Trinajstić information content (AvgIpc) is 2.83. The van der Waals surface area contributed by atoms with Gasteiger partial charge in [-0.25, -0.2) is 4.39 Å². The summed E-state index contributed by atoms with van der Waals surface area (Å²) in [7, 11) is 0. The van der Waals surface area contributed by atoms with Crippen LogP contribution in [0.4, 0.5) is 4.39 Å². The van der Waals surface area contributed by atoms with E-state index in [1.807, 2.05) is 12.4 Å². The second-order valence-electron chi connectivity index (χ2n) is 4.49. The molecule has 1 N–H and O–H groups in total. The van der Waals surface area contributed by atoms with Gasteiger partial charge in [0.15, 0.2) is 0 Å². The van der Waals surface area contributed by atoms with E-state index in [1.54, 1.807) is 10.7 Å². The first-order valence-electron chi connectivity index (χ1n) is 6.29. The molecule has 0 aliphatic heterocycles. The summed E-state index contributed by atoms with van der Waals surface area (Å²) in [6.45, 7) is 5.52. The summed E-state index contributed by atoms with van der Waals surface area (Å²) in [5, 5.41) is 8.16. The van der Waals surface area contributed by atoms with Crippen LogP contribution in [0, 0.1) is 5.82 Å². The van der Waals surface area contributed by atoms with Gasteiger partial charge in [0.25, 0.3) is 0 Å². The van der Waals surface area contributed by atoms with Gasteiger partial charge < -0.3 is 5.32 Å². The van der Waals surface area contributed by atoms with Crippen molar-refractivity contribution in [1.29, 1.82) is 0 Å². The standard InChI is InChI=1S/C14H17ClFN3/c1-3-17-10(2)12-7-18-19(9-12)8-11-6-13(16)4-5-14(11)15/h4-7,9-10,17H,3,8H2,1-2H3. The smallest absolute Gasteiger partial charge is 0.123 e. The average molecular weight is 282 g/mol. The van der Waals surface area contributed by atoms with Crippen LogP contribution in [0.2, 0.25) is 5.02 Å². The number of benzene rings is 1. The Bertz CT molecular complexity index is 553. The van der Waals surface area contributed by atoms with Crippen LogP contribution in [-0.2, 0) is 6.54 Å². The van der Waals surface area contributed by atoms with E-state index in [-0.39, 0.29) is 11.9 Å². The van der Waals surface area contributed by atoms with E-state index >= 15 is 0 Å². The van der Waals surface area contributed by atoms with Crippen LogP contribution in [0.15, 0.2) is 30.6 Å². The zero-order valence-electron chi connectivity index (χ0n) is 11.0. The van der Waals surface area contributed by atoms with E-state index in [2.05, 4.69) is 24.3 Å². The Balaban J connectivity index is 2.13. The molecule has 1 aromatic carbocycles. The van der Waals surface area contributed by atoms with Gasteiger partial charge in [-0.05, 0) is 37.2 Å². The summed E-state index contributed by atoms with van der Waals surface area (Å²) in [4.78, 5) is 0. The van der Waals surface area contributed by atoms with E-state index in [4.69, 9.17) is 11.6 Å². The molecule has 0 fully saturated rings. The monoisotopic (exact) mass is 281 g/mol. The van der Waals surface area contributed by atoms with Gasteiger partial charge in [0.05, 0.1) is 12.7 Å². The molecule has 19 heavy (non-hydrogen) atoms. The SMILES string of the molecule is CCNC(C)c1cnn(Cc2cc(F)ccc2Cl)c1. The minimum absolute atomic E-state index is 0.252. The van der Waals surface area contributed by atoms with Gasteiger partial charge in [-0.1, -0.05) is 18.5 Å². The number of nitrogens with zero attached hydrogens (tertiary/aromatic N) is 2. The van der Waals surface area contributed by atoms with Crippen LogP contribution in [0.25, 0.3) is 0 Å². The third-order valence-corrected chi connectivity index (χ3v) is 3.37. The van der Waals surface area contributed by atoms with E-state index < -0.39 is 0 Å². The van der Waals surface area contributed by atoms with E-state index in [0.717, 1.165) is 17.7 Å². The third kappa shape index (κ3) is 3.55. The van der Waals surface area contributed by atoms with Gasteiger partial charge in [0, 0.05) is 22.8 Å². The number of hydrogen-bond donors (Lipinski definition) is 1. The van der Waals surface area contributed by atoms with E-state index in [0.29, 0.717) is 11.6 Å². The molecule has 0 radical (unpaired) electrons. The molecule has 0 aliphatic rings. The predicted octanol–water partition coefficient (Wildman–Crippen LogP) is 3.39. The van der Waals surface area contributed by atoms with Gasteiger partial charge in [-0.15, -0.1) is 0 Å². The topological polar surface area (TPSA) is 29.9 Å². The fourth-order valence-electron chi connectivity index (χ4n) is 1.95. The maximum absolute atomic E-state index is 13.2. The Kier molecular flexibility index (Phi) is 4.56. The molecule has 2 rings (SSSR count). The summed E-state index contributed by atoms with van der Waals surface area (Å²) in [6.07, 6.45) is 3.77. The summed E-state index contributed by atoms with van der Waals surface area (Å²) in [5.41, 5.74) is 1.83. The van der Waals surface area contributed by atoms with Crippen LogP contribution in [0.3, 0.4) is 0 Å². The number of hydrogen-bond acceptors (Lipinski definition) is 2. The van der Waals surface area contributed by atoms with E-state index in [9.17, 15) is 4.39 Å². The Labute approximate surface area is 117 Å². The lowest BCUT2D eigenvalue weighted by atomic mass is 10.2. The Morgan fingerprint density at radius 1 is 1.47 bits per heavy atom. The largest absolute Gasteiger partial charge is 0.310 e. The first-order chi connectivity index (χ1) is 9.10. The van der Waals surface area contributed by atoms with Crippen molar-refractivity contribution in [2.24, 2.45) is 0 Å². The van der Waals surface area contributed by atoms with Crippen LogP contribution < -0.4 is 5.32 Å². The van der Waals surface area contributed by atoms with Gasteiger partial charge >= 0.3 is 0 Å². The molecule has 0 saturated heterocycles. The number of nitrogens with one attached hydrogen (secondary N) is 1. The van der Waals surface area contributed by atoms with Crippen molar-refractivity contribution in [1.82, 2.24) is 15.1 Å².